The highest BCUT2D eigenvalue weighted by Crippen LogP contribution is 2.49. The molecule has 3 nitrogen and oxygen atoms in total. The molecule has 2 saturated carbocycles. The van der Waals surface area contributed by atoms with Gasteiger partial charge in [-0.15, -0.1) is 0 Å². The summed E-state index contributed by atoms with van der Waals surface area (Å²) in [5.41, 5.74) is 0. The van der Waals surface area contributed by atoms with Crippen LogP contribution in [0.3, 0.4) is 0 Å². The van der Waals surface area contributed by atoms with Gasteiger partial charge in [0.25, 0.3) is 0 Å². The Morgan fingerprint density at radius 1 is 1.50 bits per heavy atom. The summed E-state index contributed by atoms with van der Waals surface area (Å²) in [5, 5.41) is 8.78. The number of carbonyl (C=O) groups is 1. The summed E-state index contributed by atoms with van der Waals surface area (Å²) in [7, 11) is 1.74. The monoisotopic (exact) mass is 220 g/mol. The lowest BCUT2D eigenvalue weighted by Crippen LogP contribution is -2.35. The normalized spacial score (nSPS) is 33.4. The Balaban J connectivity index is 1.86. The van der Waals surface area contributed by atoms with Crippen molar-refractivity contribution in [3.63, 3.8) is 0 Å². The average molecular weight is 220 g/mol. The first kappa shape index (κ1) is 11.4. The minimum absolute atomic E-state index is 0.145. The van der Waals surface area contributed by atoms with Crippen LogP contribution in [-0.2, 0) is 4.79 Å². The van der Waals surface area contributed by atoms with Gasteiger partial charge in [0.15, 0.2) is 0 Å². The van der Waals surface area contributed by atoms with Gasteiger partial charge in [0, 0.05) is 13.5 Å². The van der Waals surface area contributed by atoms with E-state index in [9.17, 15) is 4.79 Å². The molecule has 4 atom stereocenters. The number of nitriles is 1. The van der Waals surface area contributed by atoms with Gasteiger partial charge in [-0.05, 0) is 43.9 Å². The van der Waals surface area contributed by atoms with Gasteiger partial charge in [-0.3, -0.25) is 4.79 Å². The Kier molecular flexibility index (Phi) is 3.18. The first-order valence-electron chi connectivity index (χ1n) is 6.27. The molecule has 2 aliphatic carbocycles. The van der Waals surface area contributed by atoms with Crippen LogP contribution in [0.2, 0.25) is 0 Å². The third-order valence-corrected chi connectivity index (χ3v) is 4.48. The number of hydrogen-bond acceptors (Lipinski definition) is 2. The molecule has 2 fully saturated rings. The zero-order chi connectivity index (χ0) is 11.7. The van der Waals surface area contributed by atoms with Crippen LogP contribution < -0.4 is 0 Å². The molecule has 4 unspecified atom stereocenters. The Morgan fingerprint density at radius 3 is 2.75 bits per heavy atom. The molecule has 0 aliphatic heterocycles. The molecule has 0 radical (unpaired) electrons. The summed E-state index contributed by atoms with van der Waals surface area (Å²) in [5.74, 6) is 2.42. The van der Waals surface area contributed by atoms with E-state index in [2.05, 4.69) is 6.07 Å². The molecule has 0 saturated heterocycles. The lowest BCUT2D eigenvalue weighted by Gasteiger charge is -2.25. The molecular formula is C13H20N2O. The van der Waals surface area contributed by atoms with E-state index in [4.69, 9.17) is 5.26 Å². The molecule has 0 heterocycles. The smallest absolute Gasteiger partial charge is 0.223 e. The number of fused-ring (bicyclic) bond motifs is 2. The largest absolute Gasteiger partial charge is 0.330 e. The van der Waals surface area contributed by atoms with Crippen molar-refractivity contribution < 1.29 is 4.79 Å². The first-order valence-corrected chi connectivity index (χ1v) is 6.27. The number of carbonyl (C=O) groups excluding carboxylic acids is 1. The van der Waals surface area contributed by atoms with Crippen LogP contribution in [0.4, 0.5) is 0 Å². The van der Waals surface area contributed by atoms with Crippen molar-refractivity contribution in [2.24, 2.45) is 17.8 Å². The summed E-state index contributed by atoms with van der Waals surface area (Å²) < 4.78 is 0. The second-order valence-corrected chi connectivity index (χ2v) is 5.45. The van der Waals surface area contributed by atoms with Gasteiger partial charge in [0.2, 0.25) is 5.91 Å². The zero-order valence-electron chi connectivity index (χ0n) is 10.1. The van der Waals surface area contributed by atoms with Crippen molar-refractivity contribution in [1.82, 2.24) is 4.90 Å². The fraction of sp³-hybridized carbons (Fsp3) is 0.846. The van der Waals surface area contributed by atoms with Crippen molar-refractivity contribution >= 4 is 5.91 Å². The molecule has 0 aromatic heterocycles. The fourth-order valence-corrected chi connectivity index (χ4v) is 3.30. The molecule has 0 N–H and O–H groups in total. The lowest BCUT2D eigenvalue weighted by atomic mass is 9.86. The Hall–Kier alpha value is -1.04. The van der Waals surface area contributed by atoms with Crippen LogP contribution in [0.15, 0.2) is 0 Å². The van der Waals surface area contributed by atoms with E-state index in [1.54, 1.807) is 18.9 Å². The predicted molar refractivity (Wildman–Crippen MR) is 61.4 cm³/mol. The predicted octanol–water partition coefficient (Wildman–Crippen LogP) is 2.18. The second kappa shape index (κ2) is 4.45. The number of amides is 1. The number of hydrogen-bond donors (Lipinski definition) is 0. The molecule has 2 bridgehead atoms. The quantitative estimate of drug-likeness (QED) is 0.731. The van der Waals surface area contributed by atoms with E-state index in [1.165, 1.54) is 25.7 Å². The topological polar surface area (TPSA) is 44.1 Å². The summed E-state index contributed by atoms with van der Waals surface area (Å²) in [4.78, 5) is 13.5. The van der Waals surface area contributed by atoms with Gasteiger partial charge in [-0.1, -0.05) is 6.42 Å². The third-order valence-electron chi connectivity index (χ3n) is 4.48. The molecular weight excluding hydrogens is 200 g/mol. The minimum Gasteiger partial charge on any atom is -0.330 e. The summed E-state index contributed by atoms with van der Waals surface area (Å²) in [6.07, 6.45) is 5.93. The molecule has 1 amide bonds. The van der Waals surface area contributed by atoms with Gasteiger partial charge < -0.3 is 4.90 Å². The maximum Gasteiger partial charge on any atom is 0.223 e. The van der Waals surface area contributed by atoms with Crippen molar-refractivity contribution in [3.8, 4) is 6.07 Å². The van der Waals surface area contributed by atoms with Crippen LogP contribution in [0, 0.1) is 29.1 Å². The minimum atomic E-state index is -0.300. The van der Waals surface area contributed by atoms with Gasteiger partial charge in [0.05, 0.1) is 6.07 Å². The Morgan fingerprint density at radius 2 is 2.25 bits per heavy atom. The highest BCUT2D eigenvalue weighted by Gasteiger charge is 2.40. The molecule has 0 spiro atoms. The highest BCUT2D eigenvalue weighted by molar-refractivity contribution is 5.76. The highest BCUT2D eigenvalue weighted by atomic mass is 16.2. The van der Waals surface area contributed by atoms with E-state index in [-0.39, 0.29) is 11.9 Å². The van der Waals surface area contributed by atoms with Crippen molar-refractivity contribution in [2.45, 2.75) is 45.1 Å². The van der Waals surface area contributed by atoms with E-state index in [1.807, 2.05) is 0 Å². The molecule has 2 aliphatic rings. The van der Waals surface area contributed by atoms with Crippen LogP contribution in [0.25, 0.3) is 0 Å². The number of nitrogens with zero attached hydrogens (tertiary/aromatic N) is 2. The summed E-state index contributed by atoms with van der Waals surface area (Å²) >= 11 is 0. The van der Waals surface area contributed by atoms with Crippen molar-refractivity contribution in [2.75, 3.05) is 7.05 Å². The Labute approximate surface area is 97.4 Å². The van der Waals surface area contributed by atoms with Crippen LogP contribution in [-0.4, -0.2) is 23.9 Å². The van der Waals surface area contributed by atoms with Gasteiger partial charge in [0.1, 0.15) is 6.04 Å². The lowest BCUT2D eigenvalue weighted by molar-refractivity contribution is -0.132. The van der Waals surface area contributed by atoms with E-state index >= 15 is 0 Å². The second-order valence-electron chi connectivity index (χ2n) is 5.45. The molecule has 0 aromatic carbocycles. The standard InChI is InChI=1S/C13H20N2O/c1-9(8-14)15(2)13(16)7-12-6-10-3-4-11(12)5-10/h9-12H,3-7H2,1-2H3. The molecule has 3 heteroatoms. The third kappa shape index (κ3) is 2.07. The maximum absolute atomic E-state index is 12.0. The van der Waals surface area contributed by atoms with Crippen LogP contribution >= 0.6 is 0 Å². The fourth-order valence-electron chi connectivity index (χ4n) is 3.30. The van der Waals surface area contributed by atoms with Crippen molar-refractivity contribution in [1.29, 1.82) is 5.26 Å². The molecule has 0 aromatic rings. The van der Waals surface area contributed by atoms with Gasteiger partial charge in [-0.2, -0.15) is 5.26 Å². The van der Waals surface area contributed by atoms with Gasteiger partial charge in [-0.25, -0.2) is 0 Å². The first-order chi connectivity index (χ1) is 7.61. The van der Waals surface area contributed by atoms with E-state index in [0.717, 1.165) is 11.8 Å². The van der Waals surface area contributed by atoms with Crippen molar-refractivity contribution in [3.05, 3.63) is 0 Å². The summed E-state index contributed by atoms with van der Waals surface area (Å²) in [6, 6.07) is 1.81. The molecule has 16 heavy (non-hydrogen) atoms. The van der Waals surface area contributed by atoms with Gasteiger partial charge >= 0.3 is 0 Å². The van der Waals surface area contributed by atoms with E-state index < -0.39 is 0 Å². The molecule has 88 valence electrons. The molecule has 2 rings (SSSR count). The van der Waals surface area contributed by atoms with E-state index in [0.29, 0.717) is 12.3 Å². The summed E-state index contributed by atoms with van der Waals surface area (Å²) in [6.45, 7) is 1.78. The van der Waals surface area contributed by atoms with Crippen LogP contribution in [0.5, 0.6) is 0 Å². The SMILES string of the molecule is CC(C#N)N(C)C(=O)CC1CC2CCC1C2. The van der Waals surface area contributed by atoms with Crippen LogP contribution in [0.1, 0.15) is 39.0 Å². The Bertz CT molecular complexity index is 320. The number of rotatable bonds is 3. The zero-order valence-corrected chi connectivity index (χ0v) is 10.1. The average Bonchev–Trinajstić information content (AvgIpc) is 2.88. The maximum atomic E-state index is 12.0.